The molecule has 0 aliphatic carbocycles. The van der Waals surface area contributed by atoms with Crippen molar-refractivity contribution in [3.05, 3.63) is 64.7 Å². The Kier molecular flexibility index (Phi) is 4.77. The van der Waals surface area contributed by atoms with Crippen molar-refractivity contribution < 1.29 is 4.92 Å². The van der Waals surface area contributed by atoms with Crippen molar-refractivity contribution in [2.45, 2.75) is 17.3 Å². The van der Waals surface area contributed by atoms with Crippen molar-refractivity contribution in [3.63, 3.8) is 0 Å². The van der Waals surface area contributed by atoms with E-state index < -0.39 is 4.92 Å². The average Bonchev–Trinajstić information content (AvgIpc) is 3.05. The second-order valence-corrected chi connectivity index (χ2v) is 6.48. The van der Waals surface area contributed by atoms with Crippen LogP contribution in [0.25, 0.3) is 17.1 Å². The third kappa shape index (κ3) is 3.51. The summed E-state index contributed by atoms with van der Waals surface area (Å²) in [5.41, 5.74) is 1.58. The van der Waals surface area contributed by atoms with Gasteiger partial charge < -0.3 is 0 Å². The quantitative estimate of drug-likeness (QED) is 0.393. The summed E-state index contributed by atoms with van der Waals surface area (Å²) in [6.45, 7) is 1.79. The lowest BCUT2D eigenvalue weighted by atomic mass is 10.2. The molecule has 0 saturated heterocycles. The van der Waals surface area contributed by atoms with E-state index in [0.717, 1.165) is 5.69 Å². The minimum absolute atomic E-state index is 0.0160. The maximum absolute atomic E-state index is 10.8. The van der Waals surface area contributed by atoms with Crippen LogP contribution >= 0.6 is 11.8 Å². The van der Waals surface area contributed by atoms with E-state index >= 15 is 0 Å². The number of aromatic nitrogens is 3. The van der Waals surface area contributed by atoms with E-state index in [1.165, 1.54) is 23.9 Å². The third-order valence-corrected chi connectivity index (χ3v) is 4.38. The van der Waals surface area contributed by atoms with Crippen molar-refractivity contribution >= 4 is 17.4 Å². The molecule has 1 aromatic heterocycles. The van der Waals surface area contributed by atoms with Gasteiger partial charge in [0.25, 0.3) is 5.69 Å². The summed E-state index contributed by atoms with van der Waals surface area (Å²) in [5, 5.41) is 28.7. The van der Waals surface area contributed by atoms with E-state index in [-0.39, 0.29) is 10.9 Å². The smallest absolute Gasteiger partial charge is 0.269 e. The van der Waals surface area contributed by atoms with Crippen LogP contribution in [0.15, 0.2) is 59.8 Å². The summed E-state index contributed by atoms with van der Waals surface area (Å²) in [6, 6.07) is 17.9. The van der Waals surface area contributed by atoms with Crippen LogP contribution < -0.4 is 0 Å². The van der Waals surface area contributed by atoms with Gasteiger partial charge in [-0.2, -0.15) is 5.26 Å². The first-order valence-electron chi connectivity index (χ1n) is 7.42. The molecule has 1 heterocycles. The van der Waals surface area contributed by atoms with E-state index in [9.17, 15) is 10.1 Å². The number of non-ortho nitro benzene ring substituents is 1. The number of thioether (sulfide) groups is 1. The molecule has 0 bridgehead atoms. The molecular formula is C17H13N5O2S. The van der Waals surface area contributed by atoms with Crippen molar-refractivity contribution in [1.82, 2.24) is 14.8 Å². The Bertz CT molecular complexity index is 932. The molecule has 0 aliphatic rings. The molecule has 2 aromatic carbocycles. The lowest BCUT2D eigenvalue weighted by Gasteiger charge is -2.10. The Morgan fingerprint density at radius 3 is 2.44 bits per heavy atom. The van der Waals surface area contributed by atoms with Crippen molar-refractivity contribution in [2.75, 3.05) is 0 Å². The van der Waals surface area contributed by atoms with Crippen molar-refractivity contribution in [1.29, 1.82) is 5.26 Å². The summed E-state index contributed by atoms with van der Waals surface area (Å²) >= 11 is 1.31. The van der Waals surface area contributed by atoms with Crippen LogP contribution in [0.3, 0.4) is 0 Å². The van der Waals surface area contributed by atoms with Gasteiger partial charge in [0.05, 0.1) is 16.2 Å². The van der Waals surface area contributed by atoms with E-state index in [2.05, 4.69) is 16.3 Å². The normalized spacial score (nSPS) is 11.7. The van der Waals surface area contributed by atoms with Crippen LogP contribution in [-0.4, -0.2) is 24.9 Å². The Hall–Kier alpha value is -3.18. The SMILES string of the molecule is CC(C#N)Sc1nnc(-c2ccc([N+](=O)[O-])cc2)n1-c1ccccc1. The van der Waals surface area contributed by atoms with E-state index in [0.29, 0.717) is 16.5 Å². The molecular weight excluding hydrogens is 338 g/mol. The van der Waals surface area contributed by atoms with Crippen LogP contribution in [0.2, 0.25) is 0 Å². The highest BCUT2D eigenvalue weighted by Gasteiger charge is 2.18. The van der Waals surface area contributed by atoms with Gasteiger partial charge in [-0.1, -0.05) is 30.0 Å². The maximum Gasteiger partial charge on any atom is 0.269 e. The van der Waals surface area contributed by atoms with E-state index in [1.54, 1.807) is 19.1 Å². The molecule has 3 rings (SSSR count). The van der Waals surface area contributed by atoms with Crippen LogP contribution in [0, 0.1) is 21.4 Å². The minimum Gasteiger partial charge on any atom is -0.270 e. The summed E-state index contributed by atoms with van der Waals surface area (Å²) in [5.74, 6) is 0.564. The second-order valence-electron chi connectivity index (χ2n) is 5.17. The van der Waals surface area contributed by atoms with E-state index in [1.807, 2.05) is 34.9 Å². The van der Waals surface area contributed by atoms with E-state index in [4.69, 9.17) is 5.26 Å². The molecule has 0 amide bonds. The van der Waals surface area contributed by atoms with Gasteiger partial charge in [0.2, 0.25) is 0 Å². The fourth-order valence-corrected chi connectivity index (χ4v) is 3.01. The number of para-hydroxylation sites is 1. The highest BCUT2D eigenvalue weighted by atomic mass is 32.2. The molecule has 7 nitrogen and oxygen atoms in total. The molecule has 0 spiro atoms. The Morgan fingerprint density at radius 1 is 1.16 bits per heavy atom. The largest absolute Gasteiger partial charge is 0.270 e. The molecule has 0 N–H and O–H groups in total. The van der Waals surface area contributed by atoms with Crippen LogP contribution in [0.4, 0.5) is 5.69 Å². The number of nitrogens with zero attached hydrogens (tertiary/aromatic N) is 5. The van der Waals surface area contributed by atoms with Crippen LogP contribution in [0.5, 0.6) is 0 Å². The summed E-state index contributed by atoms with van der Waals surface area (Å²) in [4.78, 5) is 10.4. The molecule has 25 heavy (non-hydrogen) atoms. The summed E-state index contributed by atoms with van der Waals surface area (Å²) in [7, 11) is 0. The molecule has 8 heteroatoms. The Morgan fingerprint density at radius 2 is 1.84 bits per heavy atom. The van der Waals surface area contributed by atoms with Gasteiger partial charge >= 0.3 is 0 Å². The molecule has 1 atom stereocenters. The first-order valence-corrected chi connectivity index (χ1v) is 8.30. The maximum atomic E-state index is 10.8. The Labute approximate surface area is 148 Å². The fraction of sp³-hybridized carbons (Fsp3) is 0.118. The Balaban J connectivity index is 2.10. The average molecular weight is 351 g/mol. The zero-order valence-electron chi connectivity index (χ0n) is 13.2. The first-order chi connectivity index (χ1) is 12.1. The van der Waals surface area contributed by atoms with Crippen LogP contribution in [-0.2, 0) is 0 Å². The van der Waals surface area contributed by atoms with Gasteiger partial charge in [0, 0.05) is 23.4 Å². The predicted molar refractivity (Wildman–Crippen MR) is 94.4 cm³/mol. The number of benzene rings is 2. The van der Waals surface area contributed by atoms with Gasteiger partial charge in [-0.15, -0.1) is 10.2 Å². The molecule has 0 aliphatic heterocycles. The minimum atomic E-state index is -0.443. The van der Waals surface area contributed by atoms with Gasteiger partial charge in [0.15, 0.2) is 11.0 Å². The number of rotatable bonds is 5. The lowest BCUT2D eigenvalue weighted by Crippen LogP contribution is -2.01. The molecule has 3 aromatic rings. The lowest BCUT2D eigenvalue weighted by molar-refractivity contribution is -0.384. The molecule has 0 radical (unpaired) electrons. The van der Waals surface area contributed by atoms with Gasteiger partial charge in [-0.05, 0) is 31.2 Å². The zero-order valence-corrected chi connectivity index (χ0v) is 14.1. The third-order valence-electron chi connectivity index (χ3n) is 3.45. The molecule has 0 saturated carbocycles. The number of nitro benzene ring substituents is 1. The summed E-state index contributed by atoms with van der Waals surface area (Å²) in [6.07, 6.45) is 0. The predicted octanol–water partition coefficient (Wildman–Crippen LogP) is 3.85. The van der Waals surface area contributed by atoms with Gasteiger partial charge in [-0.25, -0.2) is 0 Å². The zero-order chi connectivity index (χ0) is 17.8. The number of nitriles is 1. The fourth-order valence-electron chi connectivity index (χ4n) is 2.26. The highest BCUT2D eigenvalue weighted by Crippen LogP contribution is 2.30. The summed E-state index contributed by atoms with van der Waals surface area (Å²) < 4.78 is 1.85. The molecule has 0 fully saturated rings. The monoisotopic (exact) mass is 351 g/mol. The van der Waals surface area contributed by atoms with Gasteiger partial charge in [0.1, 0.15) is 0 Å². The number of hydrogen-bond donors (Lipinski definition) is 0. The van der Waals surface area contributed by atoms with Gasteiger partial charge in [-0.3, -0.25) is 14.7 Å². The second kappa shape index (κ2) is 7.15. The van der Waals surface area contributed by atoms with Crippen molar-refractivity contribution in [2.24, 2.45) is 0 Å². The van der Waals surface area contributed by atoms with Crippen molar-refractivity contribution in [3.8, 4) is 23.1 Å². The number of nitro groups is 1. The topological polar surface area (TPSA) is 97.6 Å². The standard InChI is InChI=1S/C17H13N5O2S/c1-12(11-18)25-17-20-19-16(21(17)14-5-3-2-4-6-14)13-7-9-15(10-8-13)22(23)24/h2-10,12H,1H3. The van der Waals surface area contributed by atoms with Crippen LogP contribution in [0.1, 0.15) is 6.92 Å². The highest BCUT2D eigenvalue weighted by molar-refractivity contribution is 8.00. The molecule has 124 valence electrons. The number of hydrogen-bond acceptors (Lipinski definition) is 6. The first kappa shape index (κ1) is 16.7. The molecule has 1 unspecified atom stereocenters.